The first-order valence-corrected chi connectivity index (χ1v) is 13.5. The molecule has 3 unspecified atom stereocenters. The molecule has 0 bridgehead atoms. The molecule has 0 spiro atoms. The van der Waals surface area contributed by atoms with E-state index in [9.17, 15) is 0 Å². The molecule has 3 atom stereocenters. The average Bonchev–Trinajstić information content (AvgIpc) is 2.64. The third-order valence-corrected chi connectivity index (χ3v) is 10.5. The monoisotopic (exact) mass is 370 g/mol. The van der Waals surface area contributed by atoms with Crippen LogP contribution in [0.4, 0.5) is 0 Å². The van der Waals surface area contributed by atoms with Crippen LogP contribution in [-0.2, 0) is 0 Å². The molecule has 152 valence electrons. The molecule has 0 N–H and O–H groups in total. The summed E-state index contributed by atoms with van der Waals surface area (Å²) in [5, 5.41) is 0. The van der Waals surface area contributed by atoms with Gasteiger partial charge in [-0.2, -0.15) is 0 Å². The molecule has 0 heterocycles. The third-order valence-electron chi connectivity index (χ3n) is 6.10. The zero-order valence-corrected chi connectivity index (χ0v) is 19.7. The second-order valence-electron chi connectivity index (χ2n) is 8.12. The quantitative estimate of drug-likeness (QED) is 0.166. The molecule has 0 saturated carbocycles. The largest absolute Gasteiger partial charge is 0.0972 e. The lowest BCUT2D eigenvalue weighted by atomic mass is 10.1. The van der Waals surface area contributed by atoms with Crippen LogP contribution in [0.5, 0.6) is 0 Å². The Balaban J connectivity index is 5.11. The summed E-state index contributed by atoms with van der Waals surface area (Å²) in [6.45, 7) is 14.5. The van der Waals surface area contributed by atoms with Gasteiger partial charge in [0.2, 0.25) is 0 Å². The van der Waals surface area contributed by atoms with Crippen molar-refractivity contribution in [1.29, 1.82) is 0 Å². The topological polar surface area (TPSA) is 0 Å². The Hall–Kier alpha value is 0.430. The van der Waals surface area contributed by atoms with E-state index in [2.05, 4.69) is 41.5 Å². The van der Waals surface area contributed by atoms with Gasteiger partial charge < -0.3 is 0 Å². The second-order valence-corrected chi connectivity index (χ2v) is 11.2. The number of hydrogen-bond acceptors (Lipinski definition) is 0. The summed E-state index contributed by atoms with van der Waals surface area (Å²) in [6, 6.07) is 0. The van der Waals surface area contributed by atoms with Gasteiger partial charge in [-0.05, 0) is 55.5 Å². The maximum absolute atomic E-state index is 2.49. The highest BCUT2D eigenvalue weighted by Gasteiger charge is 2.31. The first kappa shape index (κ1) is 25.4. The second kappa shape index (κ2) is 17.8. The summed E-state index contributed by atoms with van der Waals surface area (Å²) >= 11 is 0. The zero-order chi connectivity index (χ0) is 18.9. The smallest absolute Gasteiger partial charge is 0.0207 e. The van der Waals surface area contributed by atoms with Crippen molar-refractivity contribution in [2.75, 3.05) is 0 Å². The minimum Gasteiger partial charge on any atom is -0.0972 e. The normalized spacial score (nSPS) is 16.6. The summed E-state index contributed by atoms with van der Waals surface area (Å²) in [5.41, 5.74) is 3.12. The van der Waals surface area contributed by atoms with Crippen LogP contribution in [0.25, 0.3) is 0 Å². The maximum atomic E-state index is 2.49. The molecular formula is C24H51P. The van der Waals surface area contributed by atoms with E-state index >= 15 is 0 Å². The molecule has 1 heteroatoms. The highest BCUT2D eigenvalue weighted by molar-refractivity contribution is 7.59. The van der Waals surface area contributed by atoms with Crippen molar-refractivity contribution in [3.05, 3.63) is 0 Å². The van der Waals surface area contributed by atoms with Gasteiger partial charge in [-0.3, -0.25) is 0 Å². The molecule has 25 heavy (non-hydrogen) atoms. The molecule has 0 radical (unpaired) electrons. The van der Waals surface area contributed by atoms with E-state index in [1.807, 2.05) is 0 Å². The predicted molar refractivity (Wildman–Crippen MR) is 122 cm³/mol. The Morgan fingerprint density at radius 2 is 0.720 bits per heavy atom. The molecule has 0 rings (SSSR count). The standard InChI is InChI=1S/C24H51P/c1-7-13-16-19-22(10-4)25(23(11-5)20-17-14-8-2)24(12-6)21-18-15-9-3/h22-24H,7-21H2,1-6H3. The van der Waals surface area contributed by atoms with Gasteiger partial charge in [-0.15, -0.1) is 0 Å². The van der Waals surface area contributed by atoms with Crippen LogP contribution < -0.4 is 0 Å². The fourth-order valence-corrected chi connectivity index (χ4v) is 8.97. The highest BCUT2D eigenvalue weighted by Crippen LogP contribution is 2.58. The van der Waals surface area contributed by atoms with E-state index in [1.54, 1.807) is 0 Å². The fourth-order valence-electron chi connectivity index (χ4n) is 4.48. The van der Waals surface area contributed by atoms with Crippen LogP contribution in [-0.4, -0.2) is 17.0 Å². The van der Waals surface area contributed by atoms with E-state index in [4.69, 9.17) is 0 Å². The minimum atomic E-state index is 0.199. The third kappa shape index (κ3) is 11.0. The van der Waals surface area contributed by atoms with Crippen molar-refractivity contribution >= 4 is 7.92 Å². The van der Waals surface area contributed by atoms with Gasteiger partial charge >= 0.3 is 0 Å². The van der Waals surface area contributed by atoms with Crippen LogP contribution in [0, 0.1) is 0 Å². The summed E-state index contributed by atoms with van der Waals surface area (Å²) < 4.78 is 0. The van der Waals surface area contributed by atoms with E-state index in [0.717, 1.165) is 17.0 Å². The van der Waals surface area contributed by atoms with E-state index < -0.39 is 0 Å². The van der Waals surface area contributed by atoms with Crippen molar-refractivity contribution in [3.8, 4) is 0 Å². The molecule has 0 saturated heterocycles. The summed E-state index contributed by atoms with van der Waals surface area (Å²) in [4.78, 5) is 0. The predicted octanol–water partition coefficient (Wildman–Crippen LogP) is 9.54. The SMILES string of the molecule is CCCCCC(CC)P(C(CC)CCCCC)C(CC)CCCCC. The van der Waals surface area contributed by atoms with E-state index in [1.165, 1.54) is 96.3 Å². The molecule has 0 aromatic heterocycles. The molecule has 0 fully saturated rings. The Morgan fingerprint density at radius 1 is 0.440 bits per heavy atom. The maximum Gasteiger partial charge on any atom is -0.0207 e. The Morgan fingerprint density at radius 3 is 0.920 bits per heavy atom. The van der Waals surface area contributed by atoms with E-state index in [-0.39, 0.29) is 7.92 Å². The first-order chi connectivity index (χ1) is 12.2. The summed E-state index contributed by atoms with van der Waals surface area (Å²) in [6.07, 6.45) is 21.7. The molecule has 0 aliphatic carbocycles. The molecule has 0 aliphatic heterocycles. The molecule has 0 amide bonds. The molecular weight excluding hydrogens is 319 g/mol. The molecule has 0 aromatic rings. The van der Waals surface area contributed by atoms with Gasteiger partial charge in [-0.25, -0.2) is 0 Å². The van der Waals surface area contributed by atoms with Crippen LogP contribution in [0.15, 0.2) is 0 Å². The number of hydrogen-bond donors (Lipinski definition) is 0. The van der Waals surface area contributed by atoms with Gasteiger partial charge in [0.05, 0.1) is 0 Å². The van der Waals surface area contributed by atoms with Gasteiger partial charge in [-0.1, -0.05) is 107 Å². The lowest BCUT2D eigenvalue weighted by Gasteiger charge is -2.40. The molecule has 0 nitrogen and oxygen atoms in total. The Bertz CT molecular complexity index is 220. The van der Waals surface area contributed by atoms with Crippen LogP contribution >= 0.6 is 7.92 Å². The van der Waals surface area contributed by atoms with Crippen LogP contribution in [0.2, 0.25) is 0 Å². The van der Waals surface area contributed by atoms with Gasteiger partial charge in [0.1, 0.15) is 0 Å². The zero-order valence-electron chi connectivity index (χ0n) is 18.8. The highest BCUT2D eigenvalue weighted by atomic mass is 31.1. The van der Waals surface area contributed by atoms with E-state index in [0.29, 0.717) is 0 Å². The number of unbranched alkanes of at least 4 members (excludes halogenated alkanes) is 6. The Labute approximate surface area is 163 Å². The lowest BCUT2D eigenvalue weighted by molar-refractivity contribution is 0.576. The fraction of sp³-hybridized carbons (Fsp3) is 1.00. The molecule has 0 aliphatic rings. The van der Waals surface area contributed by atoms with Crippen molar-refractivity contribution in [2.45, 2.75) is 155 Å². The Kier molecular flexibility index (Phi) is 18.1. The van der Waals surface area contributed by atoms with Crippen molar-refractivity contribution in [1.82, 2.24) is 0 Å². The number of rotatable bonds is 18. The van der Waals surface area contributed by atoms with Gasteiger partial charge in [0.25, 0.3) is 0 Å². The summed E-state index contributed by atoms with van der Waals surface area (Å²) in [5.74, 6) is 0. The summed E-state index contributed by atoms with van der Waals surface area (Å²) in [7, 11) is 0.199. The first-order valence-electron chi connectivity index (χ1n) is 12.0. The van der Waals surface area contributed by atoms with Crippen molar-refractivity contribution in [3.63, 3.8) is 0 Å². The van der Waals surface area contributed by atoms with Crippen LogP contribution in [0.1, 0.15) is 138 Å². The van der Waals surface area contributed by atoms with Crippen LogP contribution in [0.3, 0.4) is 0 Å². The van der Waals surface area contributed by atoms with Crippen molar-refractivity contribution < 1.29 is 0 Å². The lowest BCUT2D eigenvalue weighted by Crippen LogP contribution is -2.23. The van der Waals surface area contributed by atoms with Crippen molar-refractivity contribution in [2.24, 2.45) is 0 Å². The van der Waals surface area contributed by atoms with Gasteiger partial charge in [0, 0.05) is 0 Å². The molecule has 0 aromatic carbocycles. The minimum absolute atomic E-state index is 0.199. The average molecular weight is 371 g/mol. The van der Waals surface area contributed by atoms with Gasteiger partial charge in [0.15, 0.2) is 0 Å².